The average molecular weight is 331 g/mol. The second-order valence-corrected chi connectivity index (χ2v) is 7.33. The van der Waals surface area contributed by atoms with E-state index in [4.69, 9.17) is 10.00 Å². The standard InChI is InChI=1S/C22H21NO2/c23-14-15-1-4-17(5-2-15)18-7-9-21(10-8-18)25-22(24)13-20-12-16-3-6-19(20)11-16/h1-2,4-5,7-10,16,19-20H,3,6,11-13H2/t16-,19+,20-/m0/s1. The monoisotopic (exact) mass is 331 g/mol. The maximum absolute atomic E-state index is 12.2. The maximum Gasteiger partial charge on any atom is 0.311 e. The summed E-state index contributed by atoms with van der Waals surface area (Å²) in [6.07, 6.45) is 5.72. The van der Waals surface area contributed by atoms with E-state index >= 15 is 0 Å². The van der Waals surface area contributed by atoms with Crippen LogP contribution in [0.25, 0.3) is 11.1 Å². The molecule has 2 bridgehead atoms. The van der Waals surface area contributed by atoms with Crippen LogP contribution in [0.5, 0.6) is 5.75 Å². The zero-order valence-electron chi connectivity index (χ0n) is 14.2. The first-order valence-electron chi connectivity index (χ1n) is 9.02. The molecule has 0 N–H and O–H groups in total. The summed E-state index contributed by atoms with van der Waals surface area (Å²) in [4.78, 5) is 12.2. The quantitative estimate of drug-likeness (QED) is 0.588. The predicted octanol–water partition coefficient (Wildman–Crippen LogP) is 4.96. The molecule has 2 aromatic carbocycles. The number of nitriles is 1. The van der Waals surface area contributed by atoms with Gasteiger partial charge in [-0.15, -0.1) is 0 Å². The number of esters is 1. The molecule has 0 aliphatic heterocycles. The number of nitrogens with zero attached hydrogens (tertiary/aromatic N) is 1. The second-order valence-electron chi connectivity index (χ2n) is 7.33. The largest absolute Gasteiger partial charge is 0.427 e. The fourth-order valence-corrected chi connectivity index (χ4v) is 4.47. The summed E-state index contributed by atoms with van der Waals surface area (Å²) in [6.45, 7) is 0. The lowest BCUT2D eigenvalue weighted by atomic mass is 9.86. The van der Waals surface area contributed by atoms with Crippen molar-refractivity contribution in [2.75, 3.05) is 0 Å². The van der Waals surface area contributed by atoms with Gasteiger partial charge in [-0.25, -0.2) is 0 Å². The molecule has 2 fully saturated rings. The highest BCUT2D eigenvalue weighted by Gasteiger charge is 2.40. The van der Waals surface area contributed by atoms with E-state index in [-0.39, 0.29) is 5.97 Å². The summed E-state index contributed by atoms with van der Waals surface area (Å²) in [5, 5.41) is 8.86. The minimum Gasteiger partial charge on any atom is -0.427 e. The van der Waals surface area contributed by atoms with Crippen molar-refractivity contribution >= 4 is 5.97 Å². The van der Waals surface area contributed by atoms with Gasteiger partial charge in [0.15, 0.2) is 0 Å². The van der Waals surface area contributed by atoms with Gasteiger partial charge in [-0.3, -0.25) is 4.79 Å². The van der Waals surface area contributed by atoms with Gasteiger partial charge in [0.05, 0.1) is 11.6 Å². The van der Waals surface area contributed by atoms with Crippen LogP contribution in [-0.4, -0.2) is 5.97 Å². The molecule has 3 atom stereocenters. The number of rotatable bonds is 4. The highest BCUT2D eigenvalue weighted by molar-refractivity contribution is 5.73. The van der Waals surface area contributed by atoms with Crippen molar-refractivity contribution in [3.8, 4) is 22.9 Å². The lowest BCUT2D eigenvalue weighted by molar-refractivity contribution is -0.135. The van der Waals surface area contributed by atoms with Crippen molar-refractivity contribution < 1.29 is 9.53 Å². The molecule has 0 heterocycles. The smallest absolute Gasteiger partial charge is 0.311 e. The van der Waals surface area contributed by atoms with Gasteiger partial charge in [-0.1, -0.05) is 30.7 Å². The molecular weight excluding hydrogens is 310 g/mol. The van der Waals surface area contributed by atoms with Crippen LogP contribution in [0.2, 0.25) is 0 Å². The molecule has 2 aliphatic rings. The zero-order valence-corrected chi connectivity index (χ0v) is 14.2. The summed E-state index contributed by atoms with van der Waals surface area (Å²) in [5.41, 5.74) is 2.73. The van der Waals surface area contributed by atoms with Crippen LogP contribution in [0.1, 0.15) is 37.7 Å². The van der Waals surface area contributed by atoms with E-state index in [0.29, 0.717) is 23.7 Å². The van der Waals surface area contributed by atoms with Gasteiger partial charge in [0, 0.05) is 6.42 Å². The summed E-state index contributed by atoms with van der Waals surface area (Å²) in [5.74, 6) is 2.63. The topological polar surface area (TPSA) is 50.1 Å². The first-order valence-corrected chi connectivity index (χ1v) is 9.02. The van der Waals surface area contributed by atoms with E-state index in [9.17, 15) is 4.79 Å². The van der Waals surface area contributed by atoms with E-state index < -0.39 is 0 Å². The van der Waals surface area contributed by atoms with Crippen LogP contribution in [0, 0.1) is 29.1 Å². The first kappa shape index (κ1) is 15.9. The maximum atomic E-state index is 12.2. The highest BCUT2D eigenvalue weighted by Crippen LogP contribution is 2.49. The van der Waals surface area contributed by atoms with Gasteiger partial charge in [-0.2, -0.15) is 5.26 Å². The van der Waals surface area contributed by atoms with Crippen LogP contribution in [0.3, 0.4) is 0 Å². The van der Waals surface area contributed by atoms with Crippen LogP contribution in [0.15, 0.2) is 48.5 Å². The molecule has 2 aromatic rings. The molecule has 4 rings (SSSR count). The van der Waals surface area contributed by atoms with Crippen molar-refractivity contribution in [2.45, 2.75) is 32.1 Å². The Hall–Kier alpha value is -2.60. The lowest BCUT2D eigenvalue weighted by Crippen LogP contribution is -2.18. The summed E-state index contributed by atoms with van der Waals surface area (Å²) in [7, 11) is 0. The summed E-state index contributed by atoms with van der Waals surface area (Å²) in [6, 6.07) is 17.1. The zero-order chi connectivity index (χ0) is 17.2. The van der Waals surface area contributed by atoms with Gasteiger partial charge in [0.1, 0.15) is 5.75 Å². The second kappa shape index (κ2) is 6.72. The third-order valence-electron chi connectivity index (χ3n) is 5.75. The number of fused-ring (bicyclic) bond motifs is 2. The number of hydrogen-bond donors (Lipinski definition) is 0. The van der Waals surface area contributed by atoms with Crippen molar-refractivity contribution in [3.63, 3.8) is 0 Å². The highest BCUT2D eigenvalue weighted by atomic mass is 16.5. The Morgan fingerprint density at radius 1 is 1.00 bits per heavy atom. The fourth-order valence-electron chi connectivity index (χ4n) is 4.47. The number of ether oxygens (including phenoxy) is 1. The Labute approximate surface area is 148 Å². The predicted molar refractivity (Wildman–Crippen MR) is 95.8 cm³/mol. The molecule has 0 radical (unpaired) electrons. The number of carbonyl (C=O) groups is 1. The van der Waals surface area contributed by atoms with Crippen molar-refractivity contribution in [3.05, 3.63) is 54.1 Å². The number of carbonyl (C=O) groups excluding carboxylic acids is 1. The van der Waals surface area contributed by atoms with E-state index in [2.05, 4.69) is 6.07 Å². The Balaban J connectivity index is 1.36. The molecule has 2 saturated carbocycles. The molecule has 0 amide bonds. The molecule has 0 saturated heterocycles. The van der Waals surface area contributed by atoms with Crippen LogP contribution in [0.4, 0.5) is 0 Å². The van der Waals surface area contributed by atoms with Crippen LogP contribution in [-0.2, 0) is 4.79 Å². The molecule has 0 spiro atoms. The van der Waals surface area contributed by atoms with Crippen LogP contribution < -0.4 is 4.74 Å². The molecular formula is C22H21NO2. The third kappa shape index (κ3) is 3.44. The van der Waals surface area contributed by atoms with E-state index in [1.807, 2.05) is 36.4 Å². The Morgan fingerprint density at radius 3 is 2.24 bits per heavy atom. The van der Waals surface area contributed by atoms with E-state index in [1.165, 1.54) is 25.7 Å². The fraction of sp³-hybridized carbons (Fsp3) is 0.364. The van der Waals surface area contributed by atoms with E-state index in [0.717, 1.165) is 23.0 Å². The van der Waals surface area contributed by atoms with E-state index in [1.54, 1.807) is 12.1 Å². The molecule has 0 aromatic heterocycles. The Bertz CT molecular complexity index is 801. The SMILES string of the molecule is N#Cc1ccc(-c2ccc(OC(=O)C[C@@H]3C[C@H]4CC[C@@H]3C4)cc2)cc1. The van der Waals surface area contributed by atoms with Gasteiger partial charge in [0.2, 0.25) is 0 Å². The van der Waals surface area contributed by atoms with Crippen molar-refractivity contribution in [1.29, 1.82) is 5.26 Å². The Kier molecular flexibility index (Phi) is 4.28. The summed E-state index contributed by atoms with van der Waals surface area (Å²) < 4.78 is 5.53. The molecule has 3 heteroatoms. The minimum atomic E-state index is -0.108. The van der Waals surface area contributed by atoms with Gasteiger partial charge < -0.3 is 4.74 Å². The van der Waals surface area contributed by atoms with Crippen molar-refractivity contribution in [1.82, 2.24) is 0 Å². The first-order chi connectivity index (χ1) is 12.2. The number of hydrogen-bond acceptors (Lipinski definition) is 3. The summed E-state index contributed by atoms with van der Waals surface area (Å²) >= 11 is 0. The molecule has 3 nitrogen and oxygen atoms in total. The van der Waals surface area contributed by atoms with Crippen molar-refractivity contribution in [2.24, 2.45) is 17.8 Å². The minimum absolute atomic E-state index is 0.108. The van der Waals surface area contributed by atoms with Crippen LogP contribution >= 0.6 is 0 Å². The van der Waals surface area contributed by atoms with Gasteiger partial charge in [-0.05, 0) is 72.4 Å². The van der Waals surface area contributed by atoms with Gasteiger partial charge in [0.25, 0.3) is 0 Å². The number of benzene rings is 2. The lowest BCUT2D eigenvalue weighted by Gasteiger charge is -2.20. The van der Waals surface area contributed by atoms with Gasteiger partial charge >= 0.3 is 5.97 Å². The average Bonchev–Trinajstić information content (AvgIpc) is 3.25. The normalized spacial score (nSPS) is 24.0. The molecule has 126 valence electrons. The molecule has 0 unspecified atom stereocenters. The third-order valence-corrected chi connectivity index (χ3v) is 5.75. The Morgan fingerprint density at radius 2 is 1.68 bits per heavy atom. The molecule has 2 aliphatic carbocycles. The molecule has 25 heavy (non-hydrogen) atoms.